The van der Waals surface area contributed by atoms with E-state index in [0.717, 1.165) is 11.1 Å². The summed E-state index contributed by atoms with van der Waals surface area (Å²) in [6.45, 7) is 1.45. The molecule has 2 aromatic carbocycles. The van der Waals surface area contributed by atoms with Crippen LogP contribution in [0.2, 0.25) is 0 Å². The van der Waals surface area contributed by atoms with Gasteiger partial charge < -0.3 is 10.4 Å². The summed E-state index contributed by atoms with van der Waals surface area (Å²) >= 11 is 0. The van der Waals surface area contributed by atoms with E-state index >= 15 is 0 Å². The van der Waals surface area contributed by atoms with Gasteiger partial charge in [-0.25, -0.2) is 0 Å². The lowest BCUT2D eigenvalue weighted by atomic mass is 10.0. The maximum atomic E-state index is 10.9. The van der Waals surface area contributed by atoms with Crippen molar-refractivity contribution < 1.29 is 14.7 Å². The molecule has 2 N–H and O–H groups in total. The van der Waals surface area contributed by atoms with Gasteiger partial charge in [0.15, 0.2) is 6.29 Å². The molecule has 0 aliphatic carbocycles. The number of aldehydes is 1. The van der Waals surface area contributed by atoms with Crippen LogP contribution in [0.1, 0.15) is 17.3 Å². The van der Waals surface area contributed by atoms with Crippen LogP contribution in [0.3, 0.4) is 0 Å². The van der Waals surface area contributed by atoms with Gasteiger partial charge in [-0.15, -0.1) is 0 Å². The number of hydrogen-bond donors (Lipinski definition) is 2. The third kappa shape index (κ3) is 2.98. The van der Waals surface area contributed by atoms with Crippen molar-refractivity contribution in [2.75, 3.05) is 5.32 Å². The SMILES string of the molecule is CC(=O)Nc1ccc(-c2ccc(O)c(C=O)c2)cc1. The van der Waals surface area contributed by atoms with E-state index in [1.165, 1.54) is 13.0 Å². The molecule has 0 saturated carbocycles. The first-order valence-electron chi connectivity index (χ1n) is 5.76. The molecule has 4 heteroatoms. The summed E-state index contributed by atoms with van der Waals surface area (Å²) < 4.78 is 0. The molecule has 0 bridgehead atoms. The number of amides is 1. The van der Waals surface area contributed by atoms with Crippen LogP contribution in [0.4, 0.5) is 5.69 Å². The summed E-state index contributed by atoms with van der Waals surface area (Å²) in [7, 11) is 0. The van der Waals surface area contributed by atoms with Gasteiger partial charge in [-0.1, -0.05) is 18.2 Å². The highest BCUT2D eigenvalue weighted by molar-refractivity contribution is 5.89. The van der Waals surface area contributed by atoms with Crippen molar-refractivity contribution in [1.29, 1.82) is 0 Å². The second kappa shape index (κ2) is 5.35. The molecule has 0 spiro atoms. The number of nitrogens with one attached hydrogen (secondary N) is 1. The standard InChI is InChI=1S/C15H13NO3/c1-10(18)16-14-5-2-11(3-6-14)12-4-7-15(19)13(8-12)9-17/h2-9,19H,1H3,(H,16,18). The van der Waals surface area contributed by atoms with Crippen LogP contribution < -0.4 is 5.32 Å². The van der Waals surface area contributed by atoms with Crippen LogP contribution in [0.15, 0.2) is 42.5 Å². The summed E-state index contributed by atoms with van der Waals surface area (Å²) in [6, 6.07) is 12.1. The molecule has 2 rings (SSSR count). The Bertz CT molecular complexity index is 618. The zero-order valence-electron chi connectivity index (χ0n) is 10.4. The van der Waals surface area contributed by atoms with Gasteiger partial charge in [-0.2, -0.15) is 0 Å². The second-order valence-electron chi connectivity index (χ2n) is 4.15. The highest BCUT2D eigenvalue weighted by Gasteiger charge is 2.04. The smallest absolute Gasteiger partial charge is 0.221 e. The molecule has 2 aromatic rings. The van der Waals surface area contributed by atoms with Gasteiger partial charge in [-0.05, 0) is 35.4 Å². The van der Waals surface area contributed by atoms with Crippen molar-refractivity contribution in [3.63, 3.8) is 0 Å². The fourth-order valence-electron chi connectivity index (χ4n) is 1.78. The fraction of sp³-hybridized carbons (Fsp3) is 0.0667. The molecular weight excluding hydrogens is 242 g/mol. The van der Waals surface area contributed by atoms with Crippen LogP contribution in [-0.4, -0.2) is 17.3 Å². The average molecular weight is 255 g/mol. The Morgan fingerprint density at radius 1 is 1.11 bits per heavy atom. The van der Waals surface area contributed by atoms with E-state index in [1.807, 2.05) is 12.1 Å². The Morgan fingerprint density at radius 2 is 1.74 bits per heavy atom. The third-order valence-corrected chi connectivity index (χ3v) is 2.69. The first-order valence-corrected chi connectivity index (χ1v) is 5.76. The van der Waals surface area contributed by atoms with E-state index in [4.69, 9.17) is 0 Å². The monoisotopic (exact) mass is 255 g/mol. The number of carbonyl (C=O) groups is 2. The van der Waals surface area contributed by atoms with Gasteiger partial charge in [-0.3, -0.25) is 9.59 Å². The van der Waals surface area contributed by atoms with Gasteiger partial charge in [0.2, 0.25) is 5.91 Å². The maximum absolute atomic E-state index is 10.9. The average Bonchev–Trinajstić information content (AvgIpc) is 2.40. The molecule has 0 aromatic heterocycles. The van der Waals surface area contributed by atoms with Gasteiger partial charge in [0.25, 0.3) is 0 Å². The quantitative estimate of drug-likeness (QED) is 0.829. The number of carbonyl (C=O) groups excluding carboxylic acids is 2. The Labute approximate surface area is 110 Å². The molecule has 0 unspecified atom stereocenters. The van der Waals surface area contributed by atoms with Gasteiger partial charge in [0.1, 0.15) is 5.75 Å². The largest absolute Gasteiger partial charge is 0.507 e. The Morgan fingerprint density at radius 3 is 2.32 bits per heavy atom. The first kappa shape index (κ1) is 12.8. The predicted molar refractivity (Wildman–Crippen MR) is 73.2 cm³/mol. The number of rotatable bonds is 3. The molecule has 1 amide bonds. The molecule has 0 aliphatic rings. The summed E-state index contributed by atoms with van der Waals surface area (Å²) in [5.74, 6) is -0.158. The second-order valence-corrected chi connectivity index (χ2v) is 4.15. The van der Waals surface area contributed by atoms with Crippen LogP contribution in [0.25, 0.3) is 11.1 Å². The molecule has 19 heavy (non-hydrogen) atoms. The van der Waals surface area contributed by atoms with Crippen molar-refractivity contribution in [3.8, 4) is 16.9 Å². The van der Waals surface area contributed by atoms with E-state index in [1.54, 1.807) is 24.3 Å². The van der Waals surface area contributed by atoms with Crippen LogP contribution in [0.5, 0.6) is 5.75 Å². The highest BCUT2D eigenvalue weighted by atomic mass is 16.3. The van der Waals surface area contributed by atoms with Gasteiger partial charge in [0.05, 0.1) is 5.56 Å². The van der Waals surface area contributed by atoms with Crippen molar-refractivity contribution in [2.24, 2.45) is 0 Å². The lowest BCUT2D eigenvalue weighted by Gasteiger charge is -2.06. The van der Waals surface area contributed by atoms with Crippen LogP contribution in [0, 0.1) is 0 Å². The summed E-state index contributed by atoms with van der Waals surface area (Å²) in [5.41, 5.74) is 2.69. The fourth-order valence-corrected chi connectivity index (χ4v) is 1.78. The van der Waals surface area contributed by atoms with E-state index in [9.17, 15) is 14.7 Å². The molecule has 0 fully saturated rings. The van der Waals surface area contributed by atoms with E-state index in [2.05, 4.69) is 5.32 Å². The Hall–Kier alpha value is -2.62. The van der Waals surface area contributed by atoms with Gasteiger partial charge >= 0.3 is 0 Å². The third-order valence-electron chi connectivity index (χ3n) is 2.69. The van der Waals surface area contributed by atoms with E-state index < -0.39 is 0 Å². The normalized spacial score (nSPS) is 9.95. The number of benzene rings is 2. The molecule has 0 atom stereocenters. The Balaban J connectivity index is 2.31. The van der Waals surface area contributed by atoms with Crippen molar-refractivity contribution in [3.05, 3.63) is 48.0 Å². The minimum absolute atomic E-state index is 0.0337. The number of anilines is 1. The molecule has 0 heterocycles. The van der Waals surface area contributed by atoms with E-state index in [-0.39, 0.29) is 17.2 Å². The zero-order chi connectivity index (χ0) is 13.8. The lowest BCUT2D eigenvalue weighted by molar-refractivity contribution is -0.114. The van der Waals surface area contributed by atoms with Crippen molar-refractivity contribution in [1.82, 2.24) is 0 Å². The van der Waals surface area contributed by atoms with Crippen molar-refractivity contribution >= 4 is 17.9 Å². The number of phenols is 1. The molecule has 0 saturated heterocycles. The first-order chi connectivity index (χ1) is 9.10. The topological polar surface area (TPSA) is 66.4 Å². The van der Waals surface area contributed by atoms with Crippen LogP contribution >= 0.6 is 0 Å². The Kier molecular flexibility index (Phi) is 3.61. The molecule has 96 valence electrons. The minimum atomic E-state index is -0.124. The number of hydrogen-bond acceptors (Lipinski definition) is 3. The zero-order valence-corrected chi connectivity index (χ0v) is 10.4. The number of phenolic OH excluding ortho intramolecular Hbond substituents is 1. The molecule has 0 radical (unpaired) electrons. The van der Waals surface area contributed by atoms with E-state index in [0.29, 0.717) is 12.0 Å². The summed E-state index contributed by atoms with van der Waals surface area (Å²) in [4.78, 5) is 21.7. The van der Waals surface area contributed by atoms with Crippen molar-refractivity contribution in [2.45, 2.75) is 6.92 Å². The minimum Gasteiger partial charge on any atom is -0.507 e. The van der Waals surface area contributed by atoms with Gasteiger partial charge in [0, 0.05) is 12.6 Å². The number of aromatic hydroxyl groups is 1. The van der Waals surface area contributed by atoms with Crippen LogP contribution in [-0.2, 0) is 4.79 Å². The molecule has 0 aliphatic heterocycles. The predicted octanol–water partition coefficient (Wildman–Crippen LogP) is 2.83. The molecule has 4 nitrogen and oxygen atoms in total. The maximum Gasteiger partial charge on any atom is 0.221 e. The summed E-state index contributed by atoms with van der Waals surface area (Å²) in [5, 5.41) is 12.1. The lowest BCUT2D eigenvalue weighted by Crippen LogP contribution is -2.05. The highest BCUT2D eigenvalue weighted by Crippen LogP contribution is 2.26. The summed E-state index contributed by atoms with van der Waals surface area (Å²) in [6.07, 6.45) is 0.616. The molecular formula is C15H13NO3.